The highest BCUT2D eigenvalue weighted by molar-refractivity contribution is 7.92. The van der Waals surface area contributed by atoms with Crippen molar-refractivity contribution in [3.63, 3.8) is 0 Å². The number of nitrogens with zero attached hydrogens (tertiary/aromatic N) is 2. The lowest BCUT2D eigenvalue weighted by Gasteiger charge is -2.05. The van der Waals surface area contributed by atoms with E-state index in [1.54, 1.807) is 61.4 Å². The van der Waals surface area contributed by atoms with Crippen LogP contribution >= 0.6 is 0 Å². The number of nitrogens with one attached hydrogen (secondary N) is 1. The predicted octanol–water partition coefficient (Wildman–Crippen LogP) is 2.08. The fourth-order valence-corrected chi connectivity index (χ4v) is 2.39. The molecular formula is C15H17N3O3S. The highest BCUT2D eigenvalue weighted by atomic mass is 32.2. The van der Waals surface area contributed by atoms with Gasteiger partial charge in [-0.3, -0.25) is 14.2 Å². The summed E-state index contributed by atoms with van der Waals surface area (Å²) in [6, 6.07) is 6.31. The van der Waals surface area contributed by atoms with Crippen molar-refractivity contribution in [3.05, 3.63) is 53.9 Å². The van der Waals surface area contributed by atoms with Crippen molar-refractivity contribution in [2.45, 2.75) is 6.92 Å². The molecule has 0 fully saturated rings. The molecular weight excluding hydrogens is 302 g/mol. The Labute approximate surface area is 129 Å². The maximum Gasteiger partial charge on any atom is 0.232 e. The Kier molecular flexibility index (Phi) is 4.77. The van der Waals surface area contributed by atoms with Gasteiger partial charge in [0.25, 0.3) is 0 Å². The van der Waals surface area contributed by atoms with E-state index in [0.717, 1.165) is 5.56 Å². The predicted molar refractivity (Wildman–Crippen MR) is 86.1 cm³/mol. The van der Waals surface area contributed by atoms with Gasteiger partial charge in [0.2, 0.25) is 10.0 Å². The summed E-state index contributed by atoms with van der Waals surface area (Å²) in [6.07, 6.45) is 6.60. The van der Waals surface area contributed by atoms with Crippen LogP contribution in [0, 0.1) is 0 Å². The van der Waals surface area contributed by atoms with E-state index in [9.17, 15) is 13.2 Å². The van der Waals surface area contributed by atoms with Gasteiger partial charge >= 0.3 is 0 Å². The van der Waals surface area contributed by atoms with Crippen LogP contribution in [-0.4, -0.2) is 29.7 Å². The zero-order chi connectivity index (χ0) is 16.2. The van der Waals surface area contributed by atoms with E-state index in [2.05, 4.69) is 9.82 Å². The number of rotatable bonds is 6. The van der Waals surface area contributed by atoms with E-state index < -0.39 is 10.0 Å². The molecule has 1 N–H and O–H groups in total. The molecule has 0 atom stereocenters. The lowest BCUT2D eigenvalue weighted by molar-refractivity contribution is 0.104. The first-order valence-electron chi connectivity index (χ1n) is 6.71. The molecule has 2 aromatic rings. The zero-order valence-corrected chi connectivity index (χ0v) is 13.2. The van der Waals surface area contributed by atoms with E-state index in [0.29, 0.717) is 11.3 Å². The van der Waals surface area contributed by atoms with Crippen molar-refractivity contribution >= 4 is 27.6 Å². The molecule has 1 aromatic heterocycles. The second-order valence-electron chi connectivity index (χ2n) is 4.73. The van der Waals surface area contributed by atoms with Crippen molar-refractivity contribution < 1.29 is 13.2 Å². The van der Waals surface area contributed by atoms with Gasteiger partial charge in [-0.25, -0.2) is 8.42 Å². The summed E-state index contributed by atoms with van der Waals surface area (Å²) < 4.78 is 27.0. The van der Waals surface area contributed by atoms with Gasteiger partial charge in [0.05, 0.1) is 11.9 Å². The van der Waals surface area contributed by atoms with Crippen molar-refractivity contribution in [1.82, 2.24) is 9.78 Å². The van der Waals surface area contributed by atoms with Gasteiger partial charge in [-0.2, -0.15) is 5.10 Å². The van der Waals surface area contributed by atoms with E-state index in [1.807, 2.05) is 0 Å². The SMILES string of the molecule is CCS(=O)(=O)Nc1ccc(C(=O)/C=C\c2cnn(C)c2)cc1. The third kappa shape index (κ3) is 4.29. The average molecular weight is 319 g/mol. The molecule has 22 heavy (non-hydrogen) atoms. The average Bonchev–Trinajstić information content (AvgIpc) is 2.91. The Balaban J connectivity index is 2.06. The maximum absolute atomic E-state index is 12.0. The van der Waals surface area contributed by atoms with Gasteiger partial charge in [0.15, 0.2) is 5.78 Å². The number of carbonyl (C=O) groups excluding carboxylic acids is 1. The summed E-state index contributed by atoms with van der Waals surface area (Å²) in [7, 11) is -1.51. The third-order valence-electron chi connectivity index (χ3n) is 2.97. The monoisotopic (exact) mass is 319 g/mol. The Bertz CT molecular complexity index is 790. The summed E-state index contributed by atoms with van der Waals surface area (Å²) in [5.41, 5.74) is 1.76. The first-order valence-corrected chi connectivity index (χ1v) is 8.36. The van der Waals surface area contributed by atoms with Crippen molar-refractivity contribution in [2.24, 2.45) is 7.05 Å². The highest BCUT2D eigenvalue weighted by Gasteiger charge is 2.07. The molecule has 0 saturated carbocycles. The number of ketones is 1. The molecule has 6 nitrogen and oxygen atoms in total. The highest BCUT2D eigenvalue weighted by Crippen LogP contribution is 2.13. The van der Waals surface area contributed by atoms with Gasteiger partial charge in [-0.05, 0) is 43.3 Å². The van der Waals surface area contributed by atoms with Crippen molar-refractivity contribution in [1.29, 1.82) is 0 Å². The van der Waals surface area contributed by atoms with Crippen LogP contribution in [0.4, 0.5) is 5.69 Å². The minimum atomic E-state index is -3.31. The Morgan fingerprint density at radius 1 is 1.32 bits per heavy atom. The number of benzene rings is 1. The number of hydrogen-bond acceptors (Lipinski definition) is 4. The summed E-state index contributed by atoms with van der Waals surface area (Å²) in [5, 5.41) is 4.01. The number of anilines is 1. The molecule has 0 aliphatic rings. The number of sulfonamides is 1. The first-order chi connectivity index (χ1) is 10.4. The molecule has 1 heterocycles. The fraction of sp³-hybridized carbons (Fsp3) is 0.200. The van der Waals surface area contributed by atoms with E-state index in [4.69, 9.17) is 0 Å². The first kappa shape index (κ1) is 16.0. The summed E-state index contributed by atoms with van der Waals surface area (Å²) in [5.74, 6) is -0.157. The van der Waals surface area contributed by atoms with Crippen LogP contribution in [0.1, 0.15) is 22.8 Å². The van der Waals surface area contributed by atoms with Crippen molar-refractivity contribution in [3.8, 4) is 0 Å². The number of carbonyl (C=O) groups is 1. The molecule has 0 amide bonds. The van der Waals surface area contributed by atoms with Crippen LogP contribution in [0.5, 0.6) is 0 Å². The molecule has 0 unspecified atom stereocenters. The lowest BCUT2D eigenvalue weighted by atomic mass is 10.1. The number of aromatic nitrogens is 2. The number of allylic oxidation sites excluding steroid dienone is 1. The minimum Gasteiger partial charge on any atom is -0.289 e. The standard InChI is InChI=1S/C15H17N3O3S/c1-3-22(20,21)17-14-7-5-13(6-8-14)15(19)9-4-12-10-16-18(2)11-12/h4-11,17H,3H2,1-2H3/b9-4-. The van der Waals surface area contributed by atoms with E-state index >= 15 is 0 Å². The smallest absolute Gasteiger partial charge is 0.232 e. The maximum atomic E-state index is 12.0. The van der Waals surface area contributed by atoms with Gasteiger partial charge in [-0.15, -0.1) is 0 Å². The second kappa shape index (κ2) is 6.57. The minimum absolute atomic E-state index is 0.00152. The van der Waals surface area contributed by atoms with Crippen LogP contribution in [0.2, 0.25) is 0 Å². The largest absolute Gasteiger partial charge is 0.289 e. The van der Waals surface area contributed by atoms with E-state index in [-0.39, 0.29) is 11.5 Å². The molecule has 0 spiro atoms. The van der Waals surface area contributed by atoms with Gasteiger partial charge < -0.3 is 0 Å². The molecule has 116 valence electrons. The normalized spacial score (nSPS) is 11.7. The molecule has 0 radical (unpaired) electrons. The molecule has 1 aromatic carbocycles. The Morgan fingerprint density at radius 2 is 2.00 bits per heavy atom. The van der Waals surface area contributed by atoms with Gasteiger partial charge in [-0.1, -0.05) is 0 Å². The van der Waals surface area contributed by atoms with Crippen LogP contribution in [0.15, 0.2) is 42.7 Å². The summed E-state index contributed by atoms with van der Waals surface area (Å²) >= 11 is 0. The molecule has 0 aliphatic heterocycles. The molecule has 0 aliphatic carbocycles. The van der Waals surface area contributed by atoms with Crippen LogP contribution in [0.25, 0.3) is 6.08 Å². The van der Waals surface area contributed by atoms with Gasteiger partial charge in [0.1, 0.15) is 0 Å². The number of hydrogen-bond donors (Lipinski definition) is 1. The molecule has 7 heteroatoms. The van der Waals surface area contributed by atoms with Crippen LogP contribution in [0.3, 0.4) is 0 Å². The Morgan fingerprint density at radius 3 is 2.55 bits per heavy atom. The van der Waals surface area contributed by atoms with Crippen LogP contribution < -0.4 is 4.72 Å². The number of aryl methyl sites for hydroxylation is 1. The molecule has 0 bridgehead atoms. The lowest BCUT2D eigenvalue weighted by Crippen LogP contribution is -2.14. The molecule has 0 saturated heterocycles. The fourth-order valence-electron chi connectivity index (χ4n) is 1.75. The topological polar surface area (TPSA) is 81.1 Å². The third-order valence-corrected chi connectivity index (χ3v) is 4.28. The summed E-state index contributed by atoms with van der Waals surface area (Å²) in [4.78, 5) is 12.0. The summed E-state index contributed by atoms with van der Waals surface area (Å²) in [6.45, 7) is 1.56. The second-order valence-corrected chi connectivity index (χ2v) is 6.74. The molecule has 2 rings (SSSR count). The zero-order valence-electron chi connectivity index (χ0n) is 12.4. The quantitative estimate of drug-likeness (QED) is 0.653. The van der Waals surface area contributed by atoms with Gasteiger partial charge in [0, 0.05) is 30.1 Å². The van der Waals surface area contributed by atoms with E-state index in [1.165, 1.54) is 6.08 Å². The van der Waals surface area contributed by atoms with Crippen LogP contribution in [-0.2, 0) is 17.1 Å². The van der Waals surface area contributed by atoms with Crippen molar-refractivity contribution in [2.75, 3.05) is 10.5 Å². The Hall–Kier alpha value is -2.41.